The van der Waals surface area contributed by atoms with Crippen LogP contribution in [0.2, 0.25) is 0 Å². The molecule has 19 heavy (non-hydrogen) atoms. The monoisotopic (exact) mass is 281 g/mol. The summed E-state index contributed by atoms with van der Waals surface area (Å²) in [5, 5.41) is 9.34. The number of aryl methyl sites for hydroxylation is 1. The highest BCUT2D eigenvalue weighted by molar-refractivity contribution is 7.09. The Bertz CT molecular complexity index is 438. The van der Waals surface area contributed by atoms with E-state index in [2.05, 4.69) is 29.5 Å². The molecule has 0 aliphatic heterocycles. The van der Waals surface area contributed by atoms with Crippen LogP contribution in [0.25, 0.3) is 0 Å². The van der Waals surface area contributed by atoms with E-state index in [4.69, 9.17) is 0 Å². The Morgan fingerprint density at radius 2 is 2.26 bits per heavy atom. The topological polar surface area (TPSA) is 54.0 Å². The van der Waals surface area contributed by atoms with Crippen LogP contribution in [0, 0.1) is 12.8 Å². The summed E-state index contributed by atoms with van der Waals surface area (Å²) in [7, 11) is 0. The van der Waals surface area contributed by atoms with Gasteiger partial charge in [0.15, 0.2) is 0 Å². The lowest BCUT2D eigenvalue weighted by Gasteiger charge is -2.26. The molecule has 1 saturated carbocycles. The van der Waals surface area contributed by atoms with Gasteiger partial charge in [0, 0.05) is 17.6 Å². The van der Waals surface area contributed by atoms with Crippen molar-refractivity contribution in [2.75, 3.05) is 13.1 Å². The van der Waals surface area contributed by atoms with Crippen LogP contribution in [-0.2, 0) is 10.3 Å². The zero-order chi connectivity index (χ0) is 13.9. The van der Waals surface area contributed by atoms with E-state index in [-0.39, 0.29) is 11.4 Å². The highest BCUT2D eigenvalue weighted by Gasteiger charge is 2.24. The Labute approximate surface area is 119 Å². The van der Waals surface area contributed by atoms with Crippen molar-refractivity contribution in [2.45, 2.75) is 45.6 Å². The van der Waals surface area contributed by atoms with Gasteiger partial charge in [-0.1, -0.05) is 6.42 Å². The van der Waals surface area contributed by atoms with E-state index in [0.29, 0.717) is 12.5 Å². The molecule has 0 aromatic carbocycles. The second-order valence-corrected chi connectivity index (χ2v) is 6.73. The third-order valence-corrected chi connectivity index (χ3v) is 4.94. The predicted octanol–water partition coefficient (Wildman–Crippen LogP) is 2.19. The van der Waals surface area contributed by atoms with Gasteiger partial charge >= 0.3 is 0 Å². The van der Waals surface area contributed by atoms with Crippen LogP contribution in [0.15, 0.2) is 5.38 Å². The maximum Gasteiger partial charge on any atom is 0.233 e. The van der Waals surface area contributed by atoms with E-state index in [0.717, 1.165) is 17.2 Å². The fourth-order valence-corrected chi connectivity index (χ4v) is 2.93. The molecule has 1 aromatic rings. The number of thiazole rings is 1. The first-order valence-electron chi connectivity index (χ1n) is 6.92. The lowest BCUT2D eigenvalue weighted by atomic mass is 9.85. The zero-order valence-electron chi connectivity index (χ0n) is 12.0. The summed E-state index contributed by atoms with van der Waals surface area (Å²) in [5.74, 6) is 0.784. The average molecular weight is 281 g/mol. The number of nitrogens with zero attached hydrogens (tertiary/aromatic N) is 1. The number of carbonyl (C=O) groups excluding carboxylic acids is 1. The van der Waals surface area contributed by atoms with Gasteiger partial charge in [0.2, 0.25) is 5.91 Å². The smallest absolute Gasteiger partial charge is 0.233 e. The van der Waals surface area contributed by atoms with Crippen molar-refractivity contribution >= 4 is 17.2 Å². The molecule has 0 spiro atoms. The van der Waals surface area contributed by atoms with Crippen LogP contribution in [0.5, 0.6) is 0 Å². The van der Waals surface area contributed by atoms with Crippen LogP contribution < -0.4 is 10.6 Å². The first-order chi connectivity index (χ1) is 8.97. The highest BCUT2D eigenvalue weighted by Crippen LogP contribution is 2.25. The minimum Gasteiger partial charge on any atom is -0.355 e. The summed E-state index contributed by atoms with van der Waals surface area (Å²) < 4.78 is 0. The third kappa shape index (κ3) is 4.01. The first-order valence-corrected chi connectivity index (χ1v) is 7.79. The van der Waals surface area contributed by atoms with Crippen LogP contribution in [0.3, 0.4) is 0 Å². The van der Waals surface area contributed by atoms with Gasteiger partial charge in [0.1, 0.15) is 5.01 Å². The van der Waals surface area contributed by atoms with Crippen LogP contribution in [-0.4, -0.2) is 24.0 Å². The van der Waals surface area contributed by atoms with Gasteiger partial charge in [-0.25, -0.2) is 4.98 Å². The predicted molar refractivity (Wildman–Crippen MR) is 78.2 cm³/mol. The Kier molecular flexibility index (Phi) is 4.58. The van der Waals surface area contributed by atoms with Gasteiger partial charge in [-0.15, -0.1) is 11.3 Å². The van der Waals surface area contributed by atoms with Crippen molar-refractivity contribution in [3.63, 3.8) is 0 Å². The molecular weight excluding hydrogens is 258 g/mol. The van der Waals surface area contributed by atoms with E-state index >= 15 is 0 Å². The van der Waals surface area contributed by atoms with Gasteiger partial charge in [0.05, 0.1) is 12.1 Å². The molecule has 4 nitrogen and oxygen atoms in total. The number of rotatable bonds is 6. The van der Waals surface area contributed by atoms with E-state index in [9.17, 15) is 4.79 Å². The Morgan fingerprint density at radius 3 is 2.79 bits per heavy atom. The minimum atomic E-state index is -0.257. The molecule has 0 bridgehead atoms. The number of hydrogen-bond donors (Lipinski definition) is 2. The highest BCUT2D eigenvalue weighted by atomic mass is 32.1. The molecule has 0 unspecified atom stereocenters. The molecule has 1 aliphatic rings. The van der Waals surface area contributed by atoms with E-state index in [1.165, 1.54) is 19.3 Å². The minimum absolute atomic E-state index is 0.0771. The molecule has 0 atom stereocenters. The number of nitrogens with one attached hydrogen (secondary N) is 2. The molecule has 1 amide bonds. The summed E-state index contributed by atoms with van der Waals surface area (Å²) in [6.45, 7) is 7.28. The van der Waals surface area contributed by atoms with Crippen LogP contribution in [0.4, 0.5) is 0 Å². The fourth-order valence-electron chi connectivity index (χ4n) is 2.04. The second-order valence-electron chi connectivity index (χ2n) is 5.87. The molecule has 1 heterocycles. The summed E-state index contributed by atoms with van der Waals surface area (Å²) in [6.07, 6.45) is 3.84. The van der Waals surface area contributed by atoms with Crippen molar-refractivity contribution in [1.82, 2.24) is 15.6 Å². The number of aromatic nitrogens is 1. The molecule has 106 valence electrons. The number of amides is 1. The summed E-state index contributed by atoms with van der Waals surface area (Å²) >= 11 is 1.63. The van der Waals surface area contributed by atoms with Gasteiger partial charge < -0.3 is 5.32 Å². The van der Waals surface area contributed by atoms with Crippen molar-refractivity contribution in [1.29, 1.82) is 0 Å². The van der Waals surface area contributed by atoms with E-state index < -0.39 is 0 Å². The maximum atomic E-state index is 11.8. The molecule has 2 rings (SSSR count). The maximum absolute atomic E-state index is 11.8. The number of hydrogen-bond acceptors (Lipinski definition) is 4. The first kappa shape index (κ1) is 14.5. The number of carbonyl (C=O) groups is 1. The molecule has 1 aromatic heterocycles. The quantitative estimate of drug-likeness (QED) is 0.840. The van der Waals surface area contributed by atoms with Crippen molar-refractivity contribution in [3.05, 3.63) is 16.1 Å². The van der Waals surface area contributed by atoms with Crippen LogP contribution >= 0.6 is 11.3 Å². The third-order valence-electron chi connectivity index (χ3n) is 3.66. The Balaban J connectivity index is 1.75. The normalized spacial score (nSPS) is 16.2. The molecule has 2 N–H and O–H groups in total. The SMILES string of the molecule is Cc1csc(C(C)(C)NCC(=O)NCC2CCC2)n1. The molecule has 0 saturated heterocycles. The Hall–Kier alpha value is -0.940. The summed E-state index contributed by atoms with van der Waals surface area (Å²) in [4.78, 5) is 16.3. The van der Waals surface area contributed by atoms with Crippen molar-refractivity contribution < 1.29 is 4.79 Å². The lowest BCUT2D eigenvalue weighted by molar-refractivity contribution is -0.120. The Morgan fingerprint density at radius 1 is 1.53 bits per heavy atom. The summed E-state index contributed by atoms with van der Waals surface area (Å²) in [6, 6.07) is 0. The molecular formula is C14H23N3OS. The lowest BCUT2D eigenvalue weighted by Crippen LogP contribution is -2.44. The fraction of sp³-hybridized carbons (Fsp3) is 0.714. The standard InChI is InChI=1S/C14H23N3OS/c1-10-9-19-13(17-10)14(2,3)16-8-12(18)15-7-11-5-4-6-11/h9,11,16H,4-8H2,1-3H3,(H,15,18). The van der Waals surface area contributed by atoms with Gasteiger partial charge in [-0.2, -0.15) is 0 Å². The van der Waals surface area contributed by atoms with E-state index in [1.54, 1.807) is 11.3 Å². The average Bonchev–Trinajstić information content (AvgIpc) is 2.72. The molecule has 0 radical (unpaired) electrons. The van der Waals surface area contributed by atoms with Gasteiger partial charge in [-0.05, 0) is 39.5 Å². The zero-order valence-corrected chi connectivity index (χ0v) is 12.8. The largest absolute Gasteiger partial charge is 0.355 e. The van der Waals surface area contributed by atoms with Crippen LogP contribution in [0.1, 0.15) is 43.8 Å². The van der Waals surface area contributed by atoms with Gasteiger partial charge in [-0.3, -0.25) is 10.1 Å². The van der Waals surface area contributed by atoms with E-state index in [1.807, 2.05) is 12.3 Å². The molecule has 1 aliphatic carbocycles. The van der Waals surface area contributed by atoms with Crippen molar-refractivity contribution in [3.8, 4) is 0 Å². The molecule has 1 fully saturated rings. The second kappa shape index (κ2) is 6.01. The summed E-state index contributed by atoms with van der Waals surface area (Å²) in [5.41, 5.74) is 0.775. The van der Waals surface area contributed by atoms with Crippen molar-refractivity contribution in [2.24, 2.45) is 5.92 Å². The molecule has 5 heteroatoms. The van der Waals surface area contributed by atoms with Gasteiger partial charge in [0.25, 0.3) is 0 Å².